The molecule has 1 heterocycles. The predicted molar refractivity (Wildman–Crippen MR) is 53.4 cm³/mol. The summed E-state index contributed by atoms with van der Waals surface area (Å²) in [6.07, 6.45) is -1.38. The van der Waals surface area contributed by atoms with Gasteiger partial charge in [-0.05, 0) is 26.3 Å². The lowest BCUT2D eigenvalue weighted by atomic mass is 10.2. The van der Waals surface area contributed by atoms with Crippen LogP contribution in [0.5, 0.6) is 0 Å². The van der Waals surface area contributed by atoms with Gasteiger partial charge < -0.3 is 9.47 Å². The van der Waals surface area contributed by atoms with E-state index < -0.39 is 17.8 Å². The third kappa shape index (κ3) is 3.27. The van der Waals surface area contributed by atoms with Gasteiger partial charge in [0.25, 0.3) is 0 Å². The van der Waals surface area contributed by atoms with E-state index in [-0.39, 0.29) is 13.2 Å². The second-order valence-electron chi connectivity index (χ2n) is 4.37. The molecule has 0 aliphatic carbocycles. The lowest BCUT2D eigenvalue weighted by Gasteiger charge is -2.28. The Bertz CT molecular complexity index is 303. The van der Waals surface area contributed by atoms with E-state index in [0.717, 1.165) is 4.90 Å². The van der Waals surface area contributed by atoms with Gasteiger partial charge in [-0.3, -0.25) is 0 Å². The summed E-state index contributed by atoms with van der Waals surface area (Å²) in [5.41, 5.74) is 0.0383. The highest BCUT2D eigenvalue weighted by Gasteiger charge is 2.31. The number of imide groups is 1. The fourth-order valence-electron chi connectivity index (χ4n) is 1.03. The van der Waals surface area contributed by atoms with Crippen LogP contribution in [0.3, 0.4) is 0 Å². The minimum absolute atomic E-state index is 0.160. The first kappa shape index (κ1) is 11.6. The van der Waals surface area contributed by atoms with E-state index in [9.17, 15) is 9.59 Å². The van der Waals surface area contributed by atoms with Gasteiger partial charge in [-0.15, -0.1) is 0 Å². The molecule has 0 saturated carbocycles. The fraction of sp³-hybridized carbons (Fsp3) is 0.600. The average molecular weight is 213 g/mol. The van der Waals surface area contributed by atoms with E-state index in [2.05, 4.69) is 6.58 Å². The average Bonchev–Trinajstić information content (AvgIpc) is 2.06. The zero-order valence-electron chi connectivity index (χ0n) is 9.20. The van der Waals surface area contributed by atoms with Crippen LogP contribution in [0.25, 0.3) is 0 Å². The van der Waals surface area contributed by atoms with Crippen LogP contribution in [0.1, 0.15) is 20.8 Å². The normalized spacial score (nSPS) is 17.4. The van der Waals surface area contributed by atoms with Gasteiger partial charge in [-0.25, -0.2) is 14.5 Å². The maximum absolute atomic E-state index is 11.5. The predicted octanol–water partition coefficient (Wildman–Crippen LogP) is 1.93. The third-order valence-corrected chi connectivity index (χ3v) is 1.62. The van der Waals surface area contributed by atoms with Crippen molar-refractivity contribution < 1.29 is 19.1 Å². The Morgan fingerprint density at radius 3 is 2.67 bits per heavy atom. The van der Waals surface area contributed by atoms with E-state index in [1.54, 1.807) is 20.8 Å². The molecule has 0 atom stereocenters. The second-order valence-corrected chi connectivity index (χ2v) is 4.37. The first-order valence-electron chi connectivity index (χ1n) is 4.63. The van der Waals surface area contributed by atoms with Crippen molar-refractivity contribution in [3.8, 4) is 0 Å². The number of carbonyl (C=O) groups is 2. The van der Waals surface area contributed by atoms with E-state index in [4.69, 9.17) is 9.47 Å². The molecular formula is C10H15NO4. The number of carbonyl (C=O) groups excluding carboxylic acids is 2. The summed E-state index contributed by atoms with van der Waals surface area (Å²) in [5.74, 6) is 0. The number of hydrogen-bond donors (Lipinski definition) is 0. The van der Waals surface area contributed by atoms with Gasteiger partial charge in [0.2, 0.25) is 0 Å². The molecule has 0 N–H and O–H groups in total. The Kier molecular flexibility index (Phi) is 3.02. The molecule has 1 fully saturated rings. The zero-order chi connectivity index (χ0) is 11.6. The molecule has 1 aliphatic heterocycles. The molecule has 1 saturated heterocycles. The van der Waals surface area contributed by atoms with Crippen molar-refractivity contribution in [3.05, 3.63) is 12.2 Å². The van der Waals surface area contributed by atoms with Gasteiger partial charge in [0, 0.05) is 0 Å². The first-order chi connectivity index (χ1) is 6.79. The van der Waals surface area contributed by atoms with Crippen LogP contribution in [0, 0.1) is 0 Å². The summed E-state index contributed by atoms with van der Waals surface area (Å²) in [6, 6.07) is 0. The lowest BCUT2D eigenvalue weighted by molar-refractivity contribution is 0.0193. The number of ether oxygens (including phenoxy) is 2. The van der Waals surface area contributed by atoms with Crippen LogP contribution in [0.15, 0.2) is 12.2 Å². The van der Waals surface area contributed by atoms with Gasteiger partial charge >= 0.3 is 12.2 Å². The van der Waals surface area contributed by atoms with Gasteiger partial charge in [-0.1, -0.05) is 6.58 Å². The van der Waals surface area contributed by atoms with Crippen LogP contribution in [0.2, 0.25) is 0 Å². The molecule has 0 bridgehead atoms. The molecule has 2 amide bonds. The van der Waals surface area contributed by atoms with Crippen LogP contribution >= 0.6 is 0 Å². The second kappa shape index (κ2) is 3.92. The number of nitrogens with zero attached hydrogens (tertiary/aromatic N) is 1. The maximum Gasteiger partial charge on any atom is 0.420 e. The fourth-order valence-corrected chi connectivity index (χ4v) is 1.03. The largest absolute Gasteiger partial charge is 0.444 e. The Morgan fingerprint density at radius 1 is 1.53 bits per heavy atom. The van der Waals surface area contributed by atoms with E-state index in [1.807, 2.05) is 0 Å². The standard InChI is InChI=1S/C10H15NO4/c1-7-5-11(8(12)14-6-7)9(13)15-10(2,3)4/h1,5-6H2,2-4H3. The highest BCUT2D eigenvalue weighted by atomic mass is 16.6. The Balaban J connectivity index is 2.65. The van der Waals surface area contributed by atoms with Gasteiger partial charge in [0.05, 0.1) is 6.54 Å². The topological polar surface area (TPSA) is 55.8 Å². The minimum Gasteiger partial charge on any atom is -0.444 e. The summed E-state index contributed by atoms with van der Waals surface area (Å²) >= 11 is 0. The molecule has 84 valence electrons. The molecule has 1 aliphatic rings. The number of cyclic esters (lactones) is 1. The molecule has 0 radical (unpaired) electrons. The van der Waals surface area contributed by atoms with Crippen molar-refractivity contribution >= 4 is 12.2 Å². The molecule has 0 aromatic carbocycles. The van der Waals surface area contributed by atoms with Crippen molar-refractivity contribution in [2.75, 3.05) is 13.2 Å². The molecule has 0 spiro atoms. The van der Waals surface area contributed by atoms with E-state index in [0.29, 0.717) is 5.57 Å². The van der Waals surface area contributed by atoms with Crippen LogP contribution in [-0.4, -0.2) is 35.8 Å². The van der Waals surface area contributed by atoms with Crippen molar-refractivity contribution in [2.45, 2.75) is 26.4 Å². The summed E-state index contributed by atoms with van der Waals surface area (Å²) < 4.78 is 9.77. The van der Waals surface area contributed by atoms with Crippen LogP contribution in [0.4, 0.5) is 9.59 Å². The van der Waals surface area contributed by atoms with Gasteiger partial charge in [0.15, 0.2) is 0 Å². The van der Waals surface area contributed by atoms with E-state index in [1.165, 1.54) is 0 Å². The summed E-state index contributed by atoms with van der Waals surface area (Å²) in [6.45, 7) is 9.17. The number of amides is 2. The highest BCUT2D eigenvalue weighted by Crippen LogP contribution is 2.14. The minimum atomic E-state index is -0.701. The van der Waals surface area contributed by atoms with Crippen molar-refractivity contribution in [3.63, 3.8) is 0 Å². The quantitative estimate of drug-likeness (QED) is 0.577. The van der Waals surface area contributed by atoms with Crippen molar-refractivity contribution in [1.82, 2.24) is 4.90 Å². The molecule has 0 unspecified atom stereocenters. The molecule has 5 nitrogen and oxygen atoms in total. The van der Waals surface area contributed by atoms with Gasteiger partial charge in [0.1, 0.15) is 12.2 Å². The Hall–Kier alpha value is -1.52. The summed E-state index contributed by atoms with van der Waals surface area (Å²) in [7, 11) is 0. The number of hydrogen-bond acceptors (Lipinski definition) is 4. The summed E-state index contributed by atoms with van der Waals surface area (Å²) in [5, 5.41) is 0. The third-order valence-electron chi connectivity index (χ3n) is 1.62. The molecule has 1 rings (SSSR count). The highest BCUT2D eigenvalue weighted by molar-refractivity contribution is 5.89. The lowest BCUT2D eigenvalue weighted by Crippen LogP contribution is -2.45. The molecule has 0 aromatic heterocycles. The molecule has 15 heavy (non-hydrogen) atoms. The Morgan fingerprint density at radius 2 is 2.13 bits per heavy atom. The van der Waals surface area contributed by atoms with Crippen molar-refractivity contribution in [2.24, 2.45) is 0 Å². The molecular weight excluding hydrogens is 198 g/mol. The van der Waals surface area contributed by atoms with Crippen LogP contribution in [-0.2, 0) is 9.47 Å². The van der Waals surface area contributed by atoms with Gasteiger partial charge in [-0.2, -0.15) is 0 Å². The van der Waals surface area contributed by atoms with Crippen LogP contribution < -0.4 is 0 Å². The number of rotatable bonds is 0. The zero-order valence-corrected chi connectivity index (χ0v) is 9.20. The SMILES string of the molecule is C=C1COC(=O)N(C(=O)OC(C)(C)C)C1. The molecule has 5 heteroatoms. The van der Waals surface area contributed by atoms with E-state index >= 15 is 0 Å². The van der Waals surface area contributed by atoms with Crippen molar-refractivity contribution in [1.29, 1.82) is 0 Å². The monoisotopic (exact) mass is 213 g/mol. The molecule has 0 aromatic rings. The first-order valence-corrected chi connectivity index (χ1v) is 4.63. The Labute approximate surface area is 88.6 Å². The summed E-state index contributed by atoms with van der Waals surface area (Å²) in [4.78, 5) is 23.7. The smallest absolute Gasteiger partial charge is 0.420 e. The maximum atomic E-state index is 11.5.